The highest BCUT2D eigenvalue weighted by molar-refractivity contribution is 5.89. The molecule has 46 heavy (non-hydrogen) atoms. The Morgan fingerprint density at radius 1 is 0.565 bits per heavy atom. The SMILES string of the molecule is CCCCC/C=C\C=C\C(=O)CCCCCCCC(=O)OC[C@@H](O)COC(=O)CCCCCCCCCCCCCCCC(C)C. The average molecular weight is 649 g/mol. The molecule has 0 unspecified atom stereocenters. The van der Waals surface area contributed by atoms with Gasteiger partial charge in [0.15, 0.2) is 5.78 Å². The maximum absolute atomic E-state index is 12.0. The van der Waals surface area contributed by atoms with E-state index in [0.717, 1.165) is 63.7 Å². The van der Waals surface area contributed by atoms with Crippen LogP contribution in [0, 0.1) is 5.92 Å². The van der Waals surface area contributed by atoms with Crippen LogP contribution in [0.4, 0.5) is 0 Å². The largest absolute Gasteiger partial charge is 0.463 e. The fraction of sp³-hybridized carbons (Fsp3) is 0.825. The van der Waals surface area contributed by atoms with Crippen molar-refractivity contribution in [2.24, 2.45) is 5.92 Å². The van der Waals surface area contributed by atoms with Crippen molar-refractivity contribution in [3.8, 4) is 0 Å². The van der Waals surface area contributed by atoms with Gasteiger partial charge in [0.25, 0.3) is 0 Å². The molecule has 0 rings (SSSR count). The molecule has 0 aromatic carbocycles. The van der Waals surface area contributed by atoms with Crippen LogP contribution >= 0.6 is 0 Å². The second-order valence-electron chi connectivity index (χ2n) is 13.6. The number of carbonyl (C=O) groups excluding carboxylic acids is 3. The molecule has 1 N–H and O–H groups in total. The molecule has 0 spiro atoms. The van der Waals surface area contributed by atoms with Crippen LogP contribution in [0.2, 0.25) is 0 Å². The molecule has 0 bridgehead atoms. The lowest BCUT2D eigenvalue weighted by molar-refractivity contribution is -0.152. The molecule has 0 aromatic heterocycles. The van der Waals surface area contributed by atoms with Crippen LogP contribution in [0.3, 0.4) is 0 Å². The summed E-state index contributed by atoms with van der Waals surface area (Å²) in [7, 11) is 0. The molecule has 0 heterocycles. The number of rotatable bonds is 34. The van der Waals surface area contributed by atoms with Crippen LogP contribution in [0.5, 0.6) is 0 Å². The number of aliphatic hydroxyl groups excluding tert-OH is 1. The minimum absolute atomic E-state index is 0.146. The first-order valence-electron chi connectivity index (χ1n) is 19.2. The summed E-state index contributed by atoms with van der Waals surface area (Å²) in [5.41, 5.74) is 0. The van der Waals surface area contributed by atoms with E-state index in [-0.39, 0.29) is 30.9 Å². The lowest BCUT2D eigenvalue weighted by Crippen LogP contribution is -2.25. The standard InChI is InChI=1S/C40H72O6/c1-4-5-6-7-15-20-25-30-37(41)31-26-21-18-23-28-33-40(44)46-35-38(42)34-45-39(43)32-27-22-17-14-12-10-8-9-11-13-16-19-24-29-36(2)3/h15,20,25,30,36,38,42H,4-14,16-19,21-24,26-29,31-35H2,1-3H3/b20-15-,30-25+/t38-/m0/s1. The summed E-state index contributed by atoms with van der Waals surface area (Å²) < 4.78 is 10.3. The third kappa shape index (κ3) is 34.9. The van der Waals surface area contributed by atoms with E-state index in [9.17, 15) is 19.5 Å². The van der Waals surface area contributed by atoms with Crippen molar-refractivity contribution < 1.29 is 29.0 Å². The summed E-state index contributed by atoms with van der Waals surface area (Å²) in [5.74, 6) is 0.348. The fourth-order valence-electron chi connectivity index (χ4n) is 5.37. The minimum atomic E-state index is -0.999. The van der Waals surface area contributed by atoms with Gasteiger partial charge in [0.1, 0.15) is 19.3 Å². The monoisotopic (exact) mass is 649 g/mol. The van der Waals surface area contributed by atoms with Crippen LogP contribution in [0.25, 0.3) is 0 Å². The van der Waals surface area contributed by atoms with E-state index in [1.54, 1.807) is 6.08 Å². The first-order chi connectivity index (χ1) is 22.3. The third-order valence-corrected chi connectivity index (χ3v) is 8.34. The van der Waals surface area contributed by atoms with Crippen LogP contribution in [0.1, 0.15) is 188 Å². The van der Waals surface area contributed by atoms with Crippen molar-refractivity contribution in [1.29, 1.82) is 0 Å². The summed E-state index contributed by atoms with van der Waals surface area (Å²) in [6.07, 6.45) is 34.8. The van der Waals surface area contributed by atoms with Crippen molar-refractivity contribution in [2.45, 2.75) is 194 Å². The molecular formula is C40H72O6. The van der Waals surface area contributed by atoms with Gasteiger partial charge < -0.3 is 14.6 Å². The van der Waals surface area contributed by atoms with E-state index in [2.05, 4.69) is 26.8 Å². The predicted molar refractivity (Wildman–Crippen MR) is 192 cm³/mol. The van der Waals surface area contributed by atoms with E-state index in [4.69, 9.17) is 9.47 Å². The van der Waals surface area contributed by atoms with Gasteiger partial charge in [-0.05, 0) is 44.1 Å². The summed E-state index contributed by atoms with van der Waals surface area (Å²) >= 11 is 0. The predicted octanol–water partition coefficient (Wildman–Crippen LogP) is 10.9. The summed E-state index contributed by atoms with van der Waals surface area (Å²) in [5, 5.41) is 9.99. The molecule has 0 aliphatic rings. The highest BCUT2D eigenvalue weighted by Gasteiger charge is 2.12. The zero-order valence-corrected chi connectivity index (χ0v) is 30.3. The van der Waals surface area contributed by atoms with Crippen molar-refractivity contribution >= 4 is 17.7 Å². The van der Waals surface area contributed by atoms with E-state index in [1.165, 1.54) is 89.9 Å². The van der Waals surface area contributed by atoms with Gasteiger partial charge in [-0.2, -0.15) is 0 Å². The first-order valence-corrected chi connectivity index (χ1v) is 19.2. The van der Waals surface area contributed by atoms with Gasteiger partial charge in [-0.1, -0.05) is 155 Å². The lowest BCUT2D eigenvalue weighted by Gasteiger charge is -2.12. The Morgan fingerprint density at radius 2 is 1.00 bits per heavy atom. The molecule has 0 saturated heterocycles. The number of carbonyl (C=O) groups is 3. The number of hydrogen-bond donors (Lipinski definition) is 1. The van der Waals surface area contributed by atoms with E-state index in [1.807, 2.05) is 12.2 Å². The summed E-state index contributed by atoms with van der Waals surface area (Å²) in [6.45, 7) is 6.50. The molecule has 6 heteroatoms. The van der Waals surface area contributed by atoms with Gasteiger partial charge in [-0.15, -0.1) is 0 Å². The Bertz CT molecular complexity index is 772. The third-order valence-electron chi connectivity index (χ3n) is 8.34. The molecular weight excluding hydrogens is 576 g/mol. The van der Waals surface area contributed by atoms with Crippen molar-refractivity contribution in [3.05, 3.63) is 24.3 Å². The van der Waals surface area contributed by atoms with Gasteiger partial charge in [-0.3, -0.25) is 14.4 Å². The molecule has 0 aliphatic carbocycles. The Labute approximate surface area is 283 Å². The van der Waals surface area contributed by atoms with E-state index < -0.39 is 6.10 Å². The van der Waals surface area contributed by atoms with E-state index in [0.29, 0.717) is 19.3 Å². The summed E-state index contributed by atoms with van der Waals surface area (Å²) in [4.78, 5) is 35.8. The molecule has 0 aromatic rings. The molecule has 1 atom stereocenters. The number of aliphatic hydroxyl groups is 1. The number of ether oxygens (including phenoxy) is 2. The van der Waals surface area contributed by atoms with Crippen LogP contribution < -0.4 is 0 Å². The fourth-order valence-corrected chi connectivity index (χ4v) is 5.37. The molecule has 0 saturated carbocycles. The smallest absolute Gasteiger partial charge is 0.305 e. The van der Waals surface area contributed by atoms with Crippen molar-refractivity contribution in [3.63, 3.8) is 0 Å². The molecule has 268 valence electrons. The van der Waals surface area contributed by atoms with Crippen LogP contribution in [0.15, 0.2) is 24.3 Å². The molecule has 0 radical (unpaired) electrons. The topological polar surface area (TPSA) is 89.9 Å². The van der Waals surface area contributed by atoms with Crippen molar-refractivity contribution in [1.82, 2.24) is 0 Å². The van der Waals surface area contributed by atoms with Gasteiger partial charge >= 0.3 is 11.9 Å². The molecule has 0 amide bonds. The minimum Gasteiger partial charge on any atom is -0.463 e. The second-order valence-corrected chi connectivity index (χ2v) is 13.6. The normalized spacial score (nSPS) is 12.4. The number of esters is 2. The highest BCUT2D eigenvalue weighted by Crippen LogP contribution is 2.15. The number of hydrogen-bond acceptors (Lipinski definition) is 6. The van der Waals surface area contributed by atoms with Gasteiger partial charge in [0.05, 0.1) is 0 Å². The lowest BCUT2D eigenvalue weighted by atomic mass is 10.0. The first kappa shape index (κ1) is 44.0. The van der Waals surface area contributed by atoms with Crippen LogP contribution in [-0.2, 0) is 23.9 Å². The Balaban J connectivity index is 3.51. The van der Waals surface area contributed by atoms with E-state index >= 15 is 0 Å². The number of ketones is 1. The maximum atomic E-state index is 12.0. The van der Waals surface area contributed by atoms with Crippen LogP contribution in [-0.4, -0.2) is 42.1 Å². The average Bonchev–Trinajstić information content (AvgIpc) is 3.03. The zero-order valence-electron chi connectivity index (χ0n) is 30.3. The molecule has 0 aliphatic heterocycles. The highest BCUT2D eigenvalue weighted by atomic mass is 16.6. The zero-order chi connectivity index (χ0) is 33.9. The maximum Gasteiger partial charge on any atom is 0.305 e. The Kier molecular flexibility index (Phi) is 32.9. The number of unbranched alkanes of at least 4 members (excludes halogenated alkanes) is 19. The quantitative estimate of drug-likeness (QED) is 0.0323. The second kappa shape index (κ2) is 34.4. The van der Waals surface area contributed by atoms with Gasteiger partial charge in [0, 0.05) is 19.3 Å². The number of allylic oxidation sites excluding steroid dienone is 4. The van der Waals surface area contributed by atoms with Gasteiger partial charge in [-0.25, -0.2) is 0 Å². The molecule has 0 fully saturated rings. The Hall–Kier alpha value is -1.95. The summed E-state index contributed by atoms with van der Waals surface area (Å²) in [6, 6.07) is 0. The van der Waals surface area contributed by atoms with Gasteiger partial charge in [0.2, 0.25) is 0 Å². The molecule has 6 nitrogen and oxygen atoms in total. The Morgan fingerprint density at radius 3 is 1.46 bits per heavy atom. The van der Waals surface area contributed by atoms with Crippen molar-refractivity contribution in [2.75, 3.05) is 13.2 Å².